The van der Waals surface area contributed by atoms with E-state index in [9.17, 15) is 4.79 Å². The van der Waals surface area contributed by atoms with Crippen LogP contribution in [0.25, 0.3) is 0 Å². The quantitative estimate of drug-likeness (QED) is 0.791. The maximum atomic E-state index is 12.1. The maximum Gasteiger partial charge on any atom is 0.302 e. The number of carbonyl (C=O) groups excluding carboxylic acids is 1. The number of rotatable bonds is 2. The lowest BCUT2D eigenvalue weighted by Gasteiger charge is -2.17. The van der Waals surface area contributed by atoms with Gasteiger partial charge in [-0.25, -0.2) is 0 Å². The van der Waals surface area contributed by atoms with Crippen molar-refractivity contribution in [3.63, 3.8) is 0 Å². The summed E-state index contributed by atoms with van der Waals surface area (Å²) in [5.41, 5.74) is 2.61. The van der Waals surface area contributed by atoms with Crippen LogP contribution in [0.3, 0.4) is 0 Å². The second-order valence-corrected chi connectivity index (χ2v) is 4.63. The summed E-state index contributed by atoms with van der Waals surface area (Å²) in [6, 6.07) is 15.0. The molecule has 0 aliphatic rings. The number of hydrogen-bond acceptors (Lipinski definition) is 2. The second kappa shape index (κ2) is 6.62. The lowest BCUT2D eigenvalue weighted by molar-refractivity contribution is -0.113. The Morgan fingerprint density at radius 2 is 1.86 bits per heavy atom. The lowest BCUT2D eigenvalue weighted by atomic mass is 10.1. The third-order valence-electron chi connectivity index (χ3n) is 3.16. The molecule has 2 rings (SSSR count). The summed E-state index contributed by atoms with van der Waals surface area (Å²) in [6.07, 6.45) is 0. The number of amides is 1. The van der Waals surface area contributed by atoms with Crippen LogP contribution < -0.4 is 9.64 Å². The molecule has 2 aromatic rings. The fourth-order valence-electron chi connectivity index (χ4n) is 1.97. The highest BCUT2D eigenvalue weighted by atomic mass is 16.5. The zero-order chi connectivity index (χ0) is 15.2. The van der Waals surface area contributed by atoms with Crippen molar-refractivity contribution in [3.8, 4) is 17.6 Å². The van der Waals surface area contributed by atoms with Gasteiger partial charge in [0, 0.05) is 24.2 Å². The van der Waals surface area contributed by atoms with Crippen LogP contribution in [0.1, 0.15) is 11.1 Å². The molecular weight excluding hydrogens is 262 g/mol. The van der Waals surface area contributed by atoms with Crippen molar-refractivity contribution in [1.82, 2.24) is 0 Å². The molecular formula is C18H17NO2. The van der Waals surface area contributed by atoms with E-state index in [1.54, 1.807) is 19.1 Å². The summed E-state index contributed by atoms with van der Waals surface area (Å²) >= 11 is 0. The Bertz CT molecular complexity index is 696. The molecule has 0 aliphatic carbocycles. The molecule has 106 valence electrons. The van der Waals surface area contributed by atoms with Gasteiger partial charge in [0.15, 0.2) is 0 Å². The van der Waals surface area contributed by atoms with Crippen molar-refractivity contribution in [2.75, 3.05) is 19.1 Å². The average molecular weight is 279 g/mol. The minimum absolute atomic E-state index is 0.243. The zero-order valence-electron chi connectivity index (χ0n) is 12.4. The molecule has 3 heteroatoms. The number of hydrogen-bond donors (Lipinski definition) is 0. The molecule has 0 heterocycles. The summed E-state index contributed by atoms with van der Waals surface area (Å²) in [5.74, 6) is 6.06. The minimum Gasteiger partial charge on any atom is -0.497 e. The summed E-state index contributed by atoms with van der Waals surface area (Å²) in [6.45, 7) is 1.94. The number of nitrogens with zero attached hydrogens (tertiary/aromatic N) is 1. The van der Waals surface area contributed by atoms with Crippen LogP contribution in [0, 0.1) is 18.8 Å². The monoisotopic (exact) mass is 279 g/mol. The first-order chi connectivity index (χ1) is 10.1. The highest BCUT2D eigenvalue weighted by Gasteiger charge is 2.11. The van der Waals surface area contributed by atoms with Gasteiger partial charge in [0.25, 0.3) is 0 Å². The number of carbonyl (C=O) groups is 1. The number of ether oxygens (including phenoxy) is 1. The molecule has 0 fully saturated rings. The van der Waals surface area contributed by atoms with E-state index in [0.29, 0.717) is 0 Å². The zero-order valence-corrected chi connectivity index (χ0v) is 12.4. The van der Waals surface area contributed by atoms with Gasteiger partial charge in [-0.2, -0.15) is 0 Å². The molecule has 0 saturated carbocycles. The fourth-order valence-corrected chi connectivity index (χ4v) is 1.97. The van der Waals surface area contributed by atoms with Gasteiger partial charge in [-0.1, -0.05) is 24.1 Å². The van der Waals surface area contributed by atoms with Crippen molar-refractivity contribution in [2.45, 2.75) is 6.92 Å². The smallest absolute Gasteiger partial charge is 0.302 e. The largest absolute Gasteiger partial charge is 0.497 e. The number of benzene rings is 2. The summed E-state index contributed by atoms with van der Waals surface area (Å²) < 4.78 is 5.16. The van der Waals surface area contributed by atoms with Gasteiger partial charge in [-0.15, -0.1) is 0 Å². The van der Waals surface area contributed by atoms with Crippen LogP contribution in [0.5, 0.6) is 5.75 Å². The van der Waals surface area contributed by atoms with Crippen LogP contribution >= 0.6 is 0 Å². The van der Waals surface area contributed by atoms with Crippen molar-refractivity contribution in [1.29, 1.82) is 0 Å². The van der Waals surface area contributed by atoms with Crippen molar-refractivity contribution in [2.24, 2.45) is 0 Å². The molecule has 0 aliphatic heterocycles. The van der Waals surface area contributed by atoms with E-state index in [-0.39, 0.29) is 5.91 Å². The highest BCUT2D eigenvalue weighted by molar-refractivity contribution is 6.06. The molecule has 0 saturated heterocycles. The average Bonchev–Trinajstić information content (AvgIpc) is 2.52. The van der Waals surface area contributed by atoms with E-state index in [0.717, 1.165) is 22.6 Å². The summed E-state index contributed by atoms with van der Waals surface area (Å²) in [5, 5.41) is 0. The first-order valence-corrected chi connectivity index (χ1v) is 6.61. The van der Waals surface area contributed by atoms with E-state index < -0.39 is 0 Å². The molecule has 1 amide bonds. The molecule has 3 nitrogen and oxygen atoms in total. The Morgan fingerprint density at radius 3 is 2.48 bits per heavy atom. The topological polar surface area (TPSA) is 29.5 Å². The van der Waals surface area contributed by atoms with Crippen LogP contribution in [0.2, 0.25) is 0 Å². The Kier molecular flexibility index (Phi) is 4.63. The van der Waals surface area contributed by atoms with Gasteiger partial charge >= 0.3 is 5.91 Å². The van der Waals surface area contributed by atoms with Crippen LogP contribution in [-0.4, -0.2) is 20.1 Å². The van der Waals surface area contributed by atoms with E-state index >= 15 is 0 Å². The Hall–Kier alpha value is -2.73. The van der Waals surface area contributed by atoms with Gasteiger partial charge in [0.05, 0.1) is 7.11 Å². The molecule has 0 atom stereocenters. The standard InChI is InChI=1S/C18H17NO2/c1-14-13-16(21-3)10-11-17(14)19(2)18(20)12-9-15-7-5-4-6-8-15/h4-8,10-11,13H,1-3H3. The lowest BCUT2D eigenvalue weighted by Crippen LogP contribution is -2.25. The molecule has 21 heavy (non-hydrogen) atoms. The molecule has 0 bridgehead atoms. The van der Waals surface area contributed by atoms with Gasteiger partial charge in [-0.05, 0) is 42.8 Å². The summed E-state index contributed by atoms with van der Waals surface area (Å²) in [7, 11) is 3.34. The molecule has 0 aromatic heterocycles. The number of anilines is 1. The Morgan fingerprint density at radius 1 is 1.14 bits per heavy atom. The minimum atomic E-state index is -0.243. The maximum absolute atomic E-state index is 12.1. The molecule has 0 spiro atoms. The van der Waals surface area contributed by atoms with E-state index in [4.69, 9.17) is 4.74 Å². The van der Waals surface area contributed by atoms with Crippen LogP contribution in [-0.2, 0) is 4.79 Å². The second-order valence-electron chi connectivity index (χ2n) is 4.63. The van der Waals surface area contributed by atoms with Crippen molar-refractivity contribution >= 4 is 11.6 Å². The predicted octanol–water partition coefficient (Wildman–Crippen LogP) is 3.02. The molecule has 0 radical (unpaired) electrons. The third kappa shape index (κ3) is 3.64. The van der Waals surface area contributed by atoms with Crippen molar-refractivity contribution < 1.29 is 9.53 Å². The molecule has 2 aromatic carbocycles. The normalized spacial score (nSPS) is 9.48. The van der Waals surface area contributed by atoms with Gasteiger partial charge < -0.3 is 9.64 Å². The van der Waals surface area contributed by atoms with E-state index in [1.807, 2.05) is 55.5 Å². The Balaban J connectivity index is 2.18. The Labute approximate surface area is 125 Å². The molecule has 0 unspecified atom stereocenters. The predicted molar refractivity (Wildman–Crippen MR) is 84.5 cm³/mol. The number of aryl methyl sites for hydroxylation is 1. The third-order valence-corrected chi connectivity index (χ3v) is 3.16. The molecule has 0 N–H and O–H groups in total. The highest BCUT2D eigenvalue weighted by Crippen LogP contribution is 2.23. The fraction of sp³-hybridized carbons (Fsp3) is 0.167. The van der Waals surface area contributed by atoms with Gasteiger partial charge in [-0.3, -0.25) is 4.79 Å². The summed E-state index contributed by atoms with van der Waals surface area (Å²) in [4.78, 5) is 13.7. The number of methoxy groups -OCH3 is 1. The van der Waals surface area contributed by atoms with Gasteiger partial charge in [0.2, 0.25) is 0 Å². The van der Waals surface area contributed by atoms with Crippen LogP contribution in [0.15, 0.2) is 48.5 Å². The SMILES string of the molecule is COc1ccc(N(C)C(=O)C#Cc2ccccc2)c(C)c1. The van der Waals surface area contributed by atoms with Crippen LogP contribution in [0.4, 0.5) is 5.69 Å². The van der Waals surface area contributed by atoms with E-state index in [1.165, 1.54) is 0 Å². The van der Waals surface area contributed by atoms with Gasteiger partial charge in [0.1, 0.15) is 5.75 Å². The van der Waals surface area contributed by atoms with Crippen molar-refractivity contribution in [3.05, 3.63) is 59.7 Å². The first kappa shape index (κ1) is 14.7. The first-order valence-electron chi connectivity index (χ1n) is 6.61. The van der Waals surface area contributed by atoms with E-state index in [2.05, 4.69) is 11.8 Å².